The molecule has 3 heterocycles. The van der Waals surface area contributed by atoms with Gasteiger partial charge in [-0.3, -0.25) is 4.79 Å². The summed E-state index contributed by atoms with van der Waals surface area (Å²) in [4.78, 5) is 22.9. The zero-order valence-electron chi connectivity index (χ0n) is 11.5. The summed E-state index contributed by atoms with van der Waals surface area (Å²) in [6, 6.07) is 9.85. The Bertz CT molecular complexity index is 588. The number of pyridine rings is 1. The molecule has 0 radical (unpaired) electrons. The summed E-state index contributed by atoms with van der Waals surface area (Å²) in [6.07, 6.45) is 1.81. The molecule has 0 aliphatic carbocycles. The van der Waals surface area contributed by atoms with Gasteiger partial charge in [-0.25, -0.2) is 4.98 Å². The molecule has 20 heavy (non-hydrogen) atoms. The highest BCUT2D eigenvalue weighted by atomic mass is 32.1. The molecule has 0 atom stereocenters. The van der Waals surface area contributed by atoms with Crippen LogP contribution in [0.4, 0.5) is 5.82 Å². The van der Waals surface area contributed by atoms with E-state index in [1.54, 1.807) is 17.5 Å². The van der Waals surface area contributed by atoms with Gasteiger partial charge in [-0.1, -0.05) is 6.07 Å². The summed E-state index contributed by atoms with van der Waals surface area (Å²) >= 11 is 1.57. The van der Waals surface area contributed by atoms with E-state index in [9.17, 15) is 4.79 Å². The van der Waals surface area contributed by atoms with Crippen LogP contribution in [0.15, 0.2) is 36.5 Å². The highest BCUT2D eigenvalue weighted by Gasteiger charge is 2.23. The number of carbonyl (C=O) groups excluding carboxylic acids is 1. The van der Waals surface area contributed by atoms with Crippen LogP contribution in [0, 0.1) is 6.92 Å². The van der Waals surface area contributed by atoms with Crippen LogP contribution in [0.3, 0.4) is 0 Å². The molecule has 104 valence electrons. The molecule has 0 bridgehead atoms. The molecule has 5 heteroatoms. The van der Waals surface area contributed by atoms with E-state index in [-0.39, 0.29) is 5.91 Å². The second-order valence-corrected chi connectivity index (χ2v) is 6.17. The first kappa shape index (κ1) is 13.1. The SMILES string of the molecule is Cc1ccc(C(=O)N2CCN(c3ccccn3)CC2)s1. The Morgan fingerprint density at radius 1 is 1.15 bits per heavy atom. The normalized spacial score (nSPS) is 15.4. The van der Waals surface area contributed by atoms with Crippen molar-refractivity contribution in [2.45, 2.75) is 6.92 Å². The van der Waals surface area contributed by atoms with Crippen LogP contribution >= 0.6 is 11.3 Å². The summed E-state index contributed by atoms with van der Waals surface area (Å²) in [7, 11) is 0. The van der Waals surface area contributed by atoms with Crippen LogP contribution in [0.1, 0.15) is 14.5 Å². The fourth-order valence-electron chi connectivity index (χ4n) is 2.38. The van der Waals surface area contributed by atoms with Crippen molar-refractivity contribution in [3.8, 4) is 0 Å². The Hall–Kier alpha value is -1.88. The zero-order valence-corrected chi connectivity index (χ0v) is 12.3. The molecule has 1 fully saturated rings. The van der Waals surface area contributed by atoms with Gasteiger partial charge < -0.3 is 9.80 Å². The number of nitrogens with zero attached hydrogens (tertiary/aromatic N) is 3. The number of carbonyl (C=O) groups is 1. The summed E-state index contributed by atoms with van der Waals surface area (Å²) in [5.74, 6) is 1.15. The number of anilines is 1. The average Bonchev–Trinajstić information content (AvgIpc) is 2.94. The molecule has 0 N–H and O–H groups in total. The number of hydrogen-bond donors (Lipinski definition) is 0. The van der Waals surface area contributed by atoms with Crippen molar-refractivity contribution < 1.29 is 4.79 Å². The molecule has 2 aromatic heterocycles. The lowest BCUT2D eigenvalue weighted by Gasteiger charge is -2.35. The monoisotopic (exact) mass is 287 g/mol. The summed E-state index contributed by atoms with van der Waals surface area (Å²) in [6.45, 7) is 5.22. The Kier molecular flexibility index (Phi) is 3.69. The molecule has 0 saturated carbocycles. The first-order valence-corrected chi connectivity index (χ1v) is 7.57. The summed E-state index contributed by atoms with van der Waals surface area (Å²) < 4.78 is 0. The Morgan fingerprint density at radius 3 is 2.55 bits per heavy atom. The first-order chi connectivity index (χ1) is 9.74. The van der Waals surface area contributed by atoms with Gasteiger partial charge in [0.05, 0.1) is 4.88 Å². The number of hydrogen-bond acceptors (Lipinski definition) is 4. The van der Waals surface area contributed by atoms with Gasteiger partial charge in [0.2, 0.25) is 0 Å². The van der Waals surface area contributed by atoms with E-state index in [0.29, 0.717) is 0 Å². The number of piperazine rings is 1. The highest BCUT2D eigenvalue weighted by Crippen LogP contribution is 2.19. The minimum Gasteiger partial charge on any atom is -0.353 e. The van der Waals surface area contributed by atoms with Gasteiger partial charge in [0.15, 0.2) is 0 Å². The molecule has 1 aliphatic heterocycles. The average molecular weight is 287 g/mol. The maximum absolute atomic E-state index is 12.4. The van der Waals surface area contributed by atoms with Crippen LogP contribution in [-0.2, 0) is 0 Å². The highest BCUT2D eigenvalue weighted by molar-refractivity contribution is 7.13. The van der Waals surface area contributed by atoms with Crippen molar-refractivity contribution in [1.29, 1.82) is 0 Å². The molecule has 0 unspecified atom stereocenters. The van der Waals surface area contributed by atoms with Gasteiger partial charge in [0, 0.05) is 37.3 Å². The topological polar surface area (TPSA) is 36.4 Å². The number of rotatable bonds is 2. The molecule has 4 nitrogen and oxygen atoms in total. The van der Waals surface area contributed by atoms with Gasteiger partial charge in [0.25, 0.3) is 5.91 Å². The Labute approximate surface area is 122 Å². The Balaban J connectivity index is 1.63. The molecule has 1 saturated heterocycles. The molecular weight excluding hydrogens is 270 g/mol. The van der Waals surface area contributed by atoms with Crippen molar-refractivity contribution in [3.05, 3.63) is 46.3 Å². The molecule has 1 amide bonds. The second-order valence-electron chi connectivity index (χ2n) is 4.88. The van der Waals surface area contributed by atoms with E-state index >= 15 is 0 Å². The Morgan fingerprint density at radius 2 is 1.95 bits per heavy atom. The van der Waals surface area contributed by atoms with E-state index in [2.05, 4.69) is 9.88 Å². The minimum atomic E-state index is 0.156. The van der Waals surface area contributed by atoms with Crippen molar-refractivity contribution in [3.63, 3.8) is 0 Å². The molecule has 1 aliphatic rings. The van der Waals surface area contributed by atoms with E-state index in [0.717, 1.165) is 36.9 Å². The molecule has 0 spiro atoms. The van der Waals surface area contributed by atoms with Gasteiger partial charge in [0.1, 0.15) is 5.82 Å². The third-order valence-electron chi connectivity index (χ3n) is 3.49. The van der Waals surface area contributed by atoms with E-state index in [1.165, 1.54) is 4.88 Å². The van der Waals surface area contributed by atoms with Crippen molar-refractivity contribution in [2.24, 2.45) is 0 Å². The molecule has 3 rings (SSSR count). The third-order valence-corrected chi connectivity index (χ3v) is 4.48. The third kappa shape index (κ3) is 2.67. The number of aryl methyl sites for hydroxylation is 1. The van der Waals surface area contributed by atoms with Gasteiger partial charge in [-0.15, -0.1) is 11.3 Å². The van der Waals surface area contributed by atoms with Crippen LogP contribution < -0.4 is 4.90 Å². The van der Waals surface area contributed by atoms with E-state index < -0.39 is 0 Å². The lowest BCUT2D eigenvalue weighted by atomic mass is 10.3. The lowest BCUT2D eigenvalue weighted by molar-refractivity contribution is 0.0751. The van der Waals surface area contributed by atoms with Crippen LogP contribution in [0.2, 0.25) is 0 Å². The standard InChI is InChI=1S/C15H17N3OS/c1-12-5-6-13(20-12)15(19)18-10-8-17(9-11-18)14-4-2-3-7-16-14/h2-7H,8-11H2,1H3. The number of aromatic nitrogens is 1. The maximum atomic E-state index is 12.4. The smallest absolute Gasteiger partial charge is 0.264 e. The predicted molar refractivity (Wildman–Crippen MR) is 81.4 cm³/mol. The van der Waals surface area contributed by atoms with Crippen LogP contribution in [-0.4, -0.2) is 42.0 Å². The van der Waals surface area contributed by atoms with Crippen molar-refractivity contribution >= 4 is 23.1 Å². The first-order valence-electron chi connectivity index (χ1n) is 6.76. The number of thiophene rings is 1. The fraction of sp³-hybridized carbons (Fsp3) is 0.333. The largest absolute Gasteiger partial charge is 0.353 e. The fourth-order valence-corrected chi connectivity index (χ4v) is 3.22. The van der Waals surface area contributed by atoms with E-state index in [1.807, 2.05) is 42.2 Å². The van der Waals surface area contributed by atoms with Gasteiger partial charge in [-0.05, 0) is 31.2 Å². The van der Waals surface area contributed by atoms with Crippen LogP contribution in [0.25, 0.3) is 0 Å². The molecule has 2 aromatic rings. The second kappa shape index (κ2) is 5.63. The summed E-state index contributed by atoms with van der Waals surface area (Å²) in [5, 5.41) is 0. The number of amides is 1. The molecular formula is C15H17N3OS. The van der Waals surface area contributed by atoms with E-state index in [4.69, 9.17) is 0 Å². The zero-order chi connectivity index (χ0) is 13.9. The minimum absolute atomic E-state index is 0.156. The summed E-state index contributed by atoms with van der Waals surface area (Å²) in [5.41, 5.74) is 0. The molecule has 0 aromatic carbocycles. The van der Waals surface area contributed by atoms with Gasteiger partial charge in [-0.2, -0.15) is 0 Å². The predicted octanol–water partition coefficient (Wildman–Crippen LogP) is 2.41. The maximum Gasteiger partial charge on any atom is 0.264 e. The quantitative estimate of drug-likeness (QED) is 0.851. The van der Waals surface area contributed by atoms with Crippen molar-refractivity contribution in [2.75, 3.05) is 31.1 Å². The van der Waals surface area contributed by atoms with Gasteiger partial charge >= 0.3 is 0 Å². The lowest BCUT2D eigenvalue weighted by Crippen LogP contribution is -2.48. The van der Waals surface area contributed by atoms with Crippen LogP contribution in [0.5, 0.6) is 0 Å². The van der Waals surface area contributed by atoms with Crippen molar-refractivity contribution in [1.82, 2.24) is 9.88 Å².